The second kappa shape index (κ2) is 2.13. The van der Waals surface area contributed by atoms with Crippen LogP contribution < -0.4 is 4.43 Å². The molecule has 4 nitrogen and oxygen atoms in total. The molecule has 0 aliphatic rings. The third-order valence-electron chi connectivity index (χ3n) is 1.30. The van der Waals surface area contributed by atoms with Crippen molar-refractivity contribution in [3.8, 4) is 0 Å². The van der Waals surface area contributed by atoms with Crippen LogP contribution in [0.3, 0.4) is 0 Å². The zero-order valence-corrected chi connectivity index (χ0v) is 5.87. The highest BCUT2D eigenvalue weighted by Gasteiger charge is 2.01. The van der Waals surface area contributed by atoms with Gasteiger partial charge in [-0.1, -0.05) is 0 Å². The van der Waals surface area contributed by atoms with Crippen molar-refractivity contribution in [3.63, 3.8) is 0 Å². The molecule has 10 heavy (non-hydrogen) atoms. The summed E-state index contributed by atoms with van der Waals surface area (Å²) in [5.74, 6) is 0. The first-order valence-electron chi connectivity index (χ1n) is 2.91. The van der Waals surface area contributed by atoms with Gasteiger partial charge in [-0.15, -0.1) is 0 Å². The Morgan fingerprint density at radius 3 is 2.70 bits per heavy atom. The van der Waals surface area contributed by atoms with Crippen molar-refractivity contribution in [2.24, 2.45) is 0 Å². The van der Waals surface area contributed by atoms with E-state index >= 15 is 0 Å². The van der Waals surface area contributed by atoms with Crippen LogP contribution >= 0.6 is 0 Å². The average molecular weight is 140 g/mol. The van der Waals surface area contributed by atoms with E-state index in [4.69, 9.17) is 0 Å². The summed E-state index contributed by atoms with van der Waals surface area (Å²) < 4.78 is 1.34. The molecule has 0 saturated heterocycles. The molecule has 1 rings (SSSR count). The minimum atomic E-state index is 0.403. The summed E-state index contributed by atoms with van der Waals surface area (Å²) in [6.07, 6.45) is 2.50. The van der Waals surface area contributed by atoms with Crippen LogP contribution in [0.2, 0.25) is 0 Å². The van der Waals surface area contributed by atoms with Crippen molar-refractivity contribution >= 4 is 0 Å². The topological polar surface area (TPSA) is 51.0 Å². The first-order valence-corrected chi connectivity index (χ1v) is 2.91. The fraction of sp³-hybridized carbons (Fsp3) is 0.333. The van der Waals surface area contributed by atoms with Gasteiger partial charge in [0.25, 0.3) is 5.69 Å². The zero-order chi connectivity index (χ0) is 7.72. The second-order valence-electron chi connectivity index (χ2n) is 2.19. The molecule has 1 heterocycles. The smallest absolute Gasteiger partial charge is 0.252 e. The molecule has 1 aromatic heterocycles. The van der Waals surface area contributed by atoms with Gasteiger partial charge in [0.2, 0.25) is 6.20 Å². The molecule has 0 bridgehead atoms. The van der Waals surface area contributed by atoms with Crippen LogP contribution in [-0.2, 0) is 0 Å². The average Bonchev–Trinajstić information content (AvgIpc) is 1.84. The quantitative estimate of drug-likeness (QED) is 0.489. The lowest BCUT2D eigenvalue weighted by Crippen LogP contribution is -2.20. The molecule has 0 radical (unpaired) electrons. The number of aromatic nitrogens is 2. The lowest BCUT2D eigenvalue weighted by molar-refractivity contribution is -0.504. The Balaban J connectivity index is 3.43. The Morgan fingerprint density at radius 2 is 2.20 bits per heavy atom. The highest BCUT2D eigenvalue weighted by Crippen LogP contribution is 1.92. The van der Waals surface area contributed by atoms with Crippen molar-refractivity contribution in [1.82, 2.24) is 4.73 Å². The highest BCUT2D eigenvalue weighted by atomic mass is 16.5. The van der Waals surface area contributed by atoms with E-state index in [-0.39, 0.29) is 0 Å². The van der Waals surface area contributed by atoms with Gasteiger partial charge in [0.05, 0.1) is 16.3 Å². The molecule has 4 heteroatoms. The molecule has 0 saturated carbocycles. The van der Waals surface area contributed by atoms with Crippen molar-refractivity contribution in [1.29, 1.82) is 0 Å². The van der Waals surface area contributed by atoms with Crippen LogP contribution in [-0.4, -0.2) is 4.73 Å². The summed E-state index contributed by atoms with van der Waals surface area (Å²) in [6, 6.07) is 0. The molecule has 0 amide bonds. The van der Waals surface area contributed by atoms with Crippen LogP contribution in [0.5, 0.6) is 0 Å². The molecule has 0 spiro atoms. The number of hydrogen-bond acceptors (Lipinski definition) is 2. The monoisotopic (exact) mass is 140 g/mol. The van der Waals surface area contributed by atoms with E-state index in [0.29, 0.717) is 20.5 Å². The summed E-state index contributed by atoms with van der Waals surface area (Å²) in [7, 11) is 0. The summed E-state index contributed by atoms with van der Waals surface area (Å²) in [5, 5.41) is 10.8. The first-order chi connectivity index (χ1) is 4.61. The van der Waals surface area contributed by atoms with E-state index in [9.17, 15) is 10.1 Å². The standard InChI is InChI=1S/C6H8N2O2/c1-5-3-8(10)6(2)4-7(5)9/h3-4H,1-2H3. The molecule has 0 unspecified atom stereocenters. The summed E-state index contributed by atoms with van der Waals surface area (Å²) in [5.41, 5.74) is 0.807. The maximum Gasteiger partial charge on any atom is 0.252 e. The van der Waals surface area contributed by atoms with Gasteiger partial charge in [0.1, 0.15) is 0 Å². The van der Waals surface area contributed by atoms with E-state index in [1.54, 1.807) is 13.8 Å². The van der Waals surface area contributed by atoms with Gasteiger partial charge in [-0.3, -0.25) is 0 Å². The van der Waals surface area contributed by atoms with E-state index < -0.39 is 0 Å². The predicted molar refractivity (Wildman–Crippen MR) is 36.0 cm³/mol. The number of hydrogen-bond donors (Lipinski definition) is 0. The van der Waals surface area contributed by atoms with Gasteiger partial charge in [0, 0.05) is 11.8 Å². The van der Waals surface area contributed by atoms with Crippen LogP contribution in [0.1, 0.15) is 11.4 Å². The number of aryl methyl sites for hydroxylation is 2. The maximum absolute atomic E-state index is 10.8. The summed E-state index contributed by atoms with van der Waals surface area (Å²) in [6.45, 7) is 3.17. The van der Waals surface area contributed by atoms with Crippen LogP contribution in [0.25, 0.3) is 0 Å². The Hall–Kier alpha value is -1.32. The normalized spacial score (nSPS) is 9.80. The van der Waals surface area contributed by atoms with Crippen molar-refractivity contribution in [3.05, 3.63) is 33.9 Å². The summed E-state index contributed by atoms with van der Waals surface area (Å²) >= 11 is 0. The van der Waals surface area contributed by atoms with Crippen molar-refractivity contribution in [2.75, 3.05) is 0 Å². The minimum absolute atomic E-state index is 0.403. The molecule has 0 atom stereocenters. The molecule has 1 aromatic rings. The van der Waals surface area contributed by atoms with Crippen molar-refractivity contribution < 1.29 is 4.43 Å². The second-order valence-corrected chi connectivity index (χ2v) is 2.19. The first kappa shape index (κ1) is 6.80. The molecule has 0 aliphatic carbocycles. The lowest BCUT2D eigenvalue weighted by Gasteiger charge is -2.09. The Kier molecular flexibility index (Phi) is 1.45. The zero-order valence-electron chi connectivity index (χ0n) is 5.87. The van der Waals surface area contributed by atoms with Gasteiger partial charge >= 0.3 is 0 Å². The van der Waals surface area contributed by atoms with Crippen LogP contribution in [0.15, 0.2) is 12.4 Å². The van der Waals surface area contributed by atoms with E-state index in [2.05, 4.69) is 0 Å². The van der Waals surface area contributed by atoms with Gasteiger partial charge in [-0.2, -0.15) is 0 Å². The Bertz CT molecular complexity index is 303. The number of nitrogens with zero attached hydrogens (tertiary/aromatic N) is 2. The van der Waals surface area contributed by atoms with E-state index in [1.165, 1.54) is 12.4 Å². The predicted octanol–water partition coefficient (Wildman–Crippen LogP) is 0.365. The Labute approximate surface area is 57.9 Å². The highest BCUT2D eigenvalue weighted by molar-refractivity contribution is 4.96. The summed E-state index contributed by atoms with van der Waals surface area (Å²) in [4.78, 5) is 10.8. The van der Waals surface area contributed by atoms with Gasteiger partial charge in [0.15, 0.2) is 0 Å². The third kappa shape index (κ3) is 1.00. The third-order valence-corrected chi connectivity index (χ3v) is 1.30. The largest absolute Gasteiger partial charge is 0.805 e. The fourth-order valence-corrected chi connectivity index (χ4v) is 0.657. The molecule has 54 valence electrons. The number of rotatable bonds is 0. The lowest BCUT2D eigenvalue weighted by atomic mass is 10.4. The van der Waals surface area contributed by atoms with Gasteiger partial charge < -0.3 is 9.94 Å². The molecule has 0 N–H and O–H groups in total. The van der Waals surface area contributed by atoms with Crippen LogP contribution in [0, 0.1) is 24.0 Å². The van der Waals surface area contributed by atoms with Gasteiger partial charge in [-0.05, 0) is 6.92 Å². The SMILES string of the molecule is Cc1c[n+](=O)c(C)cn1[O-]. The van der Waals surface area contributed by atoms with Crippen molar-refractivity contribution in [2.45, 2.75) is 13.8 Å². The molecule has 0 aliphatic heterocycles. The molecule has 0 fully saturated rings. The van der Waals surface area contributed by atoms with E-state index in [1.807, 2.05) is 0 Å². The maximum atomic E-state index is 10.8. The molecular weight excluding hydrogens is 132 g/mol. The molecular formula is C6H8N2O2. The Morgan fingerprint density at radius 1 is 1.60 bits per heavy atom. The van der Waals surface area contributed by atoms with Crippen LogP contribution in [0.4, 0.5) is 0 Å². The molecule has 0 aromatic carbocycles. The fourth-order valence-electron chi connectivity index (χ4n) is 0.657. The van der Waals surface area contributed by atoms with Gasteiger partial charge in [-0.25, -0.2) is 0 Å². The van der Waals surface area contributed by atoms with E-state index in [0.717, 1.165) is 0 Å². The minimum Gasteiger partial charge on any atom is -0.805 e.